The number of furan rings is 1. The van der Waals surface area contributed by atoms with E-state index in [4.69, 9.17) is 4.42 Å². The Labute approximate surface area is 129 Å². The van der Waals surface area contributed by atoms with E-state index < -0.39 is 0 Å². The fourth-order valence-corrected chi connectivity index (χ4v) is 4.32. The number of thioether (sulfide) groups is 1. The molecule has 1 atom stereocenters. The highest BCUT2D eigenvalue weighted by atomic mass is 32.2. The topological polar surface area (TPSA) is 50.5 Å². The molecule has 2 heterocycles. The minimum atomic E-state index is 0.0628. The van der Waals surface area contributed by atoms with Gasteiger partial charge in [-0.25, -0.2) is 0 Å². The molecule has 3 rings (SSSR count). The molecule has 1 aromatic rings. The zero-order valence-corrected chi connectivity index (χ0v) is 12.9. The summed E-state index contributed by atoms with van der Waals surface area (Å²) in [6.07, 6.45) is 5.28. The predicted molar refractivity (Wildman–Crippen MR) is 82.1 cm³/mol. The van der Waals surface area contributed by atoms with Crippen molar-refractivity contribution in [2.45, 2.75) is 37.4 Å². The van der Waals surface area contributed by atoms with Crippen molar-refractivity contribution in [1.82, 2.24) is 4.90 Å². The van der Waals surface area contributed by atoms with Crippen LogP contribution >= 0.6 is 11.8 Å². The molecular formula is C16H21NO3S. The van der Waals surface area contributed by atoms with Crippen molar-refractivity contribution in [3.8, 4) is 0 Å². The second-order valence-corrected chi connectivity index (χ2v) is 7.11. The first-order chi connectivity index (χ1) is 10.2. The molecule has 114 valence electrons. The Kier molecular flexibility index (Phi) is 4.68. The maximum Gasteiger partial charge on any atom is 0.225 e. The number of carbonyl (C=O) groups is 2. The average Bonchev–Trinajstić information content (AvgIpc) is 2.92. The van der Waals surface area contributed by atoms with Crippen LogP contribution in [0.2, 0.25) is 0 Å². The van der Waals surface area contributed by atoms with Gasteiger partial charge in [-0.2, -0.15) is 0 Å². The molecule has 4 nitrogen and oxygen atoms in total. The fourth-order valence-electron chi connectivity index (χ4n) is 3.14. The molecule has 1 unspecified atom stereocenters. The summed E-state index contributed by atoms with van der Waals surface area (Å²) in [6, 6.07) is 3.94. The number of hydrogen-bond acceptors (Lipinski definition) is 4. The van der Waals surface area contributed by atoms with Gasteiger partial charge in [0.25, 0.3) is 0 Å². The standard InChI is InChI=1S/C16H21NO3S/c18-13-5-3-12(4-6-13)16(19)17-8-7-15(21-11-9-17)14-2-1-10-20-14/h1-2,10,12,15H,3-9,11H2. The zero-order chi connectivity index (χ0) is 14.7. The second-order valence-electron chi connectivity index (χ2n) is 5.80. The molecule has 5 heteroatoms. The van der Waals surface area contributed by atoms with Crippen molar-refractivity contribution in [3.05, 3.63) is 24.2 Å². The molecule has 2 aliphatic rings. The molecule has 1 saturated heterocycles. The molecule has 0 bridgehead atoms. The van der Waals surface area contributed by atoms with Crippen LogP contribution < -0.4 is 0 Å². The monoisotopic (exact) mass is 307 g/mol. The van der Waals surface area contributed by atoms with Gasteiger partial charge >= 0.3 is 0 Å². The molecule has 0 N–H and O–H groups in total. The first kappa shape index (κ1) is 14.7. The van der Waals surface area contributed by atoms with Crippen LogP contribution in [0.15, 0.2) is 22.8 Å². The van der Waals surface area contributed by atoms with Gasteiger partial charge in [0.15, 0.2) is 0 Å². The van der Waals surface area contributed by atoms with Gasteiger partial charge in [-0.1, -0.05) is 0 Å². The van der Waals surface area contributed by atoms with Gasteiger partial charge in [0.05, 0.1) is 11.5 Å². The molecule has 1 aliphatic heterocycles. The molecule has 2 fully saturated rings. The zero-order valence-electron chi connectivity index (χ0n) is 12.1. The number of carbonyl (C=O) groups excluding carboxylic acids is 2. The van der Waals surface area contributed by atoms with Gasteiger partial charge < -0.3 is 9.32 Å². The third-order valence-corrected chi connectivity index (χ3v) is 5.69. The third kappa shape index (κ3) is 3.51. The quantitative estimate of drug-likeness (QED) is 0.842. The van der Waals surface area contributed by atoms with E-state index in [9.17, 15) is 9.59 Å². The van der Waals surface area contributed by atoms with Crippen molar-refractivity contribution >= 4 is 23.5 Å². The smallest absolute Gasteiger partial charge is 0.225 e. The lowest BCUT2D eigenvalue weighted by molar-refractivity contribution is -0.137. The Balaban J connectivity index is 1.57. The van der Waals surface area contributed by atoms with E-state index in [0.29, 0.717) is 23.9 Å². The van der Waals surface area contributed by atoms with Crippen molar-refractivity contribution < 1.29 is 14.0 Å². The summed E-state index contributed by atoms with van der Waals surface area (Å²) in [6.45, 7) is 1.60. The SMILES string of the molecule is O=C1CCC(C(=O)N2CCSC(c3ccco3)CC2)CC1. The summed E-state index contributed by atoms with van der Waals surface area (Å²) in [5, 5.41) is 0.353. The average molecular weight is 307 g/mol. The molecule has 1 saturated carbocycles. The maximum absolute atomic E-state index is 12.6. The number of hydrogen-bond donors (Lipinski definition) is 0. The molecule has 0 spiro atoms. The summed E-state index contributed by atoms with van der Waals surface area (Å²) in [7, 11) is 0. The first-order valence-corrected chi connectivity index (χ1v) is 8.74. The maximum atomic E-state index is 12.6. The van der Waals surface area contributed by atoms with Gasteiger partial charge in [0.1, 0.15) is 11.5 Å². The van der Waals surface area contributed by atoms with E-state index >= 15 is 0 Å². The highest BCUT2D eigenvalue weighted by Crippen LogP contribution is 2.35. The summed E-state index contributed by atoms with van der Waals surface area (Å²) in [5.74, 6) is 2.58. The van der Waals surface area contributed by atoms with Crippen LogP contribution in [0.4, 0.5) is 0 Å². The van der Waals surface area contributed by atoms with E-state index in [1.165, 1.54) is 0 Å². The van der Waals surface area contributed by atoms with Crippen molar-refractivity contribution in [1.29, 1.82) is 0 Å². The largest absolute Gasteiger partial charge is 0.468 e. The van der Waals surface area contributed by atoms with Gasteiger partial charge in [0.2, 0.25) is 5.91 Å². The summed E-state index contributed by atoms with van der Waals surface area (Å²) >= 11 is 1.87. The lowest BCUT2D eigenvalue weighted by atomic mass is 9.87. The number of amides is 1. The predicted octanol–water partition coefficient (Wildman–Crippen LogP) is 3.05. The third-order valence-electron chi connectivity index (χ3n) is 4.41. The van der Waals surface area contributed by atoms with Crippen LogP contribution in [0.1, 0.15) is 43.1 Å². The second kappa shape index (κ2) is 6.69. The van der Waals surface area contributed by atoms with Crippen molar-refractivity contribution in [3.63, 3.8) is 0 Å². The summed E-state index contributed by atoms with van der Waals surface area (Å²) in [5.41, 5.74) is 0. The van der Waals surface area contributed by atoms with Crippen LogP contribution in [0, 0.1) is 5.92 Å². The minimum Gasteiger partial charge on any atom is -0.468 e. The number of ketones is 1. The molecule has 0 aromatic carbocycles. The Hall–Kier alpha value is -1.23. The van der Waals surface area contributed by atoms with E-state index in [2.05, 4.69) is 0 Å². The number of Topliss-reactive ketones (excluding diaryl/α,β-unsaturated/α-hetero) is 1. The fraction of sp³-hybridized carbons (Fsp3) is 0.625. The van der Waals surface area contributed by atoms with Gasteiger partial charge in [-0.05, 0) is 31.4 Å². The Morgan fingerprint density at radius 2 is 2.05 bits per heavy atom. The van der Waals surface area contributed by atoms with Crippen molar-refractivity contribution in [2.75, 3.05) is 18.8 Å². The van der Waals surface area contributed by atoms with E-state index in [-0.39, 0.29) is 11.8 Å². The highest BCUT2D eigenvalue weighted by Gasteiger charge is 2.30. The normalized spacial score (nSPS) is 24.9. The molecule has 1 amide bonds. The van der Waals surface area contributed by atoms with E-state index in [1.54, 1.807) is 6.26 Å². The summed E-state index contributed by atoms with van der Waals surface area (Å²) in [4.78, 5) is 25.9. The highest BCUT2D eigenvalue weighted by molar-refractivity contribution is 7.99. The number of rotatable bonds is 2. The molecule has 21 heavy (non-hydrogen) atoms. The minimum absolute atomic E-state index is 0.0628. The lowest BCUT2D eigenvalue weighted by Crippen LogP contribution is -2.39. The molecular weight excluding hydrogens is 286 g/mol. The van der Waals surface area contributed by atoms with E-state index in [0.717, 1.165) is 43.9 Å². The molecule has 1 aromatic heterocycles. The Morgan fingerprint density at radius 3 is 2.76 bits per heavy atom. The van der Waals surface area contributed by atoms with Crippen LogP contribution in [0.5, 0.6) is 0 Å². The Morgan fingerprint density at radius 1 is 1.24 bits per heavy atom. The lowest BCUT2D eigenvalue weighted by Gasteiger charge is -2.27. The Bertz CT molecular complexity index is 490. The van der Waals surface area contributed by atoms with Gasteiger partial charge in [-0.3, -0.25) is 9.59 Å². The molecule has 0 radical (unpaired) electrons. The van der Waals surface area contributed by atoms with Crippen LogP contribution in [0.25, 0.3) is 0 Å². The summed E-state index contributed by atoms with van der Waals surface area (Å²) < 4.78 is 5.49. The van der Waals surface area contributed by atoms with Gasteiger partial charge in [0, 0.05) is 37.6 Å². The van der Waals surface area contributed by atoms with Crippen LogP contribution in [-0.4, -0.2) is 35.4 Å². The first-order valence-electron chi connectivity index (χ1n) is 7.69. The van der Waals surface area contributed by atoms with Gasteiger partial charge in [-0.15, -0.1) is 11.8 Å². The number of nitrogens with zero attached hydrogens (tertiary/aromatic N) is 1. The van der Waals surface area contributed by atoms with Crippen molar-refractivity contribution in [2.24, 2.45) is 5.92 Å². The van der Waals surface area contributed by atoms with Crippen LogP contribution in [0.3, 0.4) is 0 Å². The van der Waals surface area contributed by atoms with E-state index in [1.807, 2.05) is 28.8 Å². The molecule has 1 aliphatic carbocycles. The van der Waals surface area contributed by atoms with Crippen LogP contribution in [-0.2, 0) is 9.59 Å².